The summed E-state index contributed by atoms with van der Waals surface area (Å²) >= 11 is 3.21. The summed E-state index contributed by atoms with van der Waals surface area (Å²) in [5.74, 6) is -0.347. The number of hydrogen-bond donors (Lipinski definition) is 1. The van der Waals surface area contributed by atoms with Crippen molar-refractivity contribution < 1.29 is 14.7 Å². The molecule has 0 aliphatic heterocycles. The Kier molecular flexibility index (Phi) is 4.23. The van der Waals surface area contributed by atoms with E-state index >= 15 is 0 Å². The SMILES string of the molecule is CCC(=O)c1cc(C(=O)C(C)Br)c(O)c2ccccc12. The van der Waals surface area contributed by atoms with Gasteiger partial charge in [0.15, 0.2) is 11.6 Å². The van der Waals surface area contributed by atoms with Crippen LogP contribution in [0.25, 0.3) is 10.8 Å². The molecule has 2 aromatic carbocycles. The highest BCUT2D eigenvalue weighted by Crippen LogP contribution is 2.33. The van der Waals surface area contributed by atoms with E-state index < -0.39 is 4.83 Å². The van der Waals surface area contributed by atoms with Crippen molar-refractivity contribution in [3.8, 4) is 5.75 Å². The number of hydrogen-bond acceptors (Lipinski definition) is 3. The third-order valence-electron chi connectivity index (χ3n) is 3.26. The number of alkyl halides is 1. The third kappa shape index (κ3) is 2.48. The molecule has 0 aliphatic carbocycles. The van der Waals surface area contributed by atoms with Gasteiger partial charge in [0, 0.05) is 17.4 Å². The third-order valence-corrected chi connectivity index (χ3v) is 3.68. The lowest BCUT2D eigenvalue weighted by atomic mass is 9.94. The Balaban J connectivity index is 2.82. The Hall–Kier alpha value is -1.68. The molecule has 0 aliphatic rings. The molecule has 2 aromatic rings. The van der Waals surface area contributed by atoms with Gasteiger partial charge in [0.05, 0.1) is 10.4 Å². The van der Waals surface area contributed by atoms with Crippen LogP contribution < -0.4 is 0 Å². The molecule has 0 saturated heterocycles. The number of carbonyl (C=O) groups is 2. The van der Waals surface area contributed by atoms with Gasteiger partial charge in [-0.05, 0) is 18.4 Å². The first-order valence-electron chi connectivity index (χ1n) is 6.43. The van der Waals surface area contributed by atoms with Gasteiger partial charge >= 0.3 is 0 Å². The minimum Gasteiger partial charge on any atom is -0.507 e. The van der Waals surface area contributed by atoms with Crippen molar-refractivity contribution >= 4 is 38.3 Å². The molecule has 0 spiro atoms. The van der Waals surface area contributed by atoms with Gasteiger partial charge in [-0.25, -0.2) is 0 Å². The molecule has 0 fully saturated rings. The van der Waals surface area contributed by atoms with Gasteiger partial charge in [0.25, 0.3) is 0 Å². The first kappa shape index (κ1) is 14.7. The lowest BCUT2D eigenvalue weighted by Gasteiger charge is -2.12. The molecule has 1 N–H and O–H groups in total. The van der Waals surface area contributed by atoms with Gasteiger partial charge in [0.2, 0.25) is 0 Å². The quantitative estimate of drug-likeness (QED) is 0.676. The maximum absolute atomic E-state index is 12.2. The summed E-state index contributed by atoms with van der Waals surface area (Å²) < 4.78 is 0. The topological polar surface area (TPSA) is 54.4 Å². The summed E-state index contributed by atoms with van der Waals surface area (Å²) in [7, 11) is 0. The van der Waals surface area contributed by atoms with Crippen molar-refractivity contribution in [2.75, 3.05) is 0 Å². The first-order valence-corrected chi connectivity index (χ1v) is 7.35. The van der Waals surface area contributed by atoms with Crippen LogP contribution in [0.1, 0.15) is 41.0 Å². The minimum absolute atomic E-state index is 0.0440. The predicted octanol–water partition coefficient (Wildman–Crippen LogP) is 4.10. The Bertz CT molecular complexity index is 689. The van der Waals surface area contributed by atoms with E-state index in [4.69, 9.17) is 0 Å². The molecule has 4 heteroatoms. The highest BCUT2D eigenvalue weighted by molar-refractivity contribution is 9.10. The van der Waals surface area contributed by atoms with E-state index in [9.17, 15) is 14.7 Å². The van der Waals surface area contributed by atoms with Crippen LogP contribution in [0.2, 0.25) is 0 Å². The molecule has 0 bridgehead atoms. The highest BCUT2D eigenvalue weighted by Gasteiger charge is 2.21. The zero-order valence-electron chi connectivity index (χ0n) is 11.3. The maximum atomic E-state index is 12.2. The number of rotatable bonds is 4. The lowest BCUT2D eigenvalue weighted by Crippen LogP contribution is -2.12. The van der Waals surface area contributed by atoms with Crippen LogP contribution >= 0.6 is 15.9 Å². The fourth-order valence-corrected chi connectivity index (χ4v) is 2.43. The molecule has 0 saturated carbocycles. The lowest BCUT2D eigenvalue weighted by molar-refractivity contribution is 0.0989. The molecular formula is C16H15BrO3. The summed E-state index contributed by atoms with van der Waals surface area (Å²) in [6.07, 6.45) is 0.353. The summed E-state index contributed by atoms with van der Waals surface area (Å²) in [5, 5.41) is 11.5. The van der Waals surface area contributed by atoms with Crippen LogP contribution in [0.15, 0.2) is 30.3 Å². The zero-order valence-corrected chi connectivity index (χ0v) is 12.9. The first-order chi connectivity index (χ1) is 9.47. The number of phenolic OH excluding ortho intramolecular Hbond substituents is 1. The van der Waals surface area contributed by atoms with E-state index in [0.29, 0.717) is 22.8 Å². The van der Waals surface area contributed by atoms with E-state index in [0.717, 1.165) is 0 Å². The molecular weight excluding hydrogens is 320 g/mol. The largest absolute Gasteiger partial charge is 0.507 e. The van der Waals surface area contributed by atoms with E-state index in [1.807, 2.05) is 6.07 Å². The number of carbonyl (C=O) groups excluding carboxylic acids is 2. The molecule has 0 amide bonds. The number of Topliss-reactive ketones (excluding diaryl/α,β-unsaturated/α-hetero) is 2. The van der Waals surface area contributed by atoms with Gasteiger partial charge < -0.3 is 5.11 Å². The number of ketones is 2. The molecule has 1 unspecified atom stereocenters. The van der Waals surface area contributed by atoms with E-state index in [2.05, 4.69) is 15.9 Å². The number of phenols is 1. The van der Waals surface area contributed by atoms with E-state index in [1.54, 1.807) is 32.0 Å². The molecule has 0 radical (unpaired) electrons. The van der Waals surface area contributed by atoms with Crippen LogP contribution in [0.5, 0.6) is 5.75 Å². The summed E-state index contributed by atoms with van der Waals surface area (Å²) in [4.78, 5) is 23.8. The molecule has 0 aromatic heterocycles. The second-order valence-electron chi connectivity index (χ2n) is 4.62. The fraction of sp³-hybridized carbons (Fsp3) is 0.250. The highest BCUT2D eigenvalue weighted by atomic mass is 79.9. The van der Waals surface area contributed by atoms with Crippen molar-refractivity contribution in [2.45, 2.75) is 25.1 Å². The second kappa shape index (κ2) is 5.75. The van der Waals surface area contributed by atoms with Crippen molar-refractivity contribution in [3.63, 3.8) is 0 Å². The fourth-order valence-electron chi connectivity index (χ4n) is 2.18. The van der Waals surface area contributed by atoms with Gasteiger partial charge in [-0.1, -0.05) is 47.1 Å². The maximum Gasteiger partial charge on any atom is 0.179 e. The molecule has 3 nitrogen and oxygen atoms in total. The standard InChI is InChI=1S/C16H15BrO3/c1-3-14(18)12-8-13(15(19)9(2)17)16(20)11-7-5-4-6-10(11)12/h4-9,20H,3H2,1-2H3. The summed E-state index contributed by atoms with van der Waals surface area (Å²) in [6.45, 7) is 3.47. The molecule has 2 rings (SSSR count). The summed E-state index contributed by atoms with van der Waals surface area (Å²) in [5.41, 5.74) is 0.669. The van der Waals surface area contributed by atoms with Gasteiger partial charge in [-0.3, -0.25) is 9.59 Å². The second-order valence-corrected chi connectivity index (χ2v) is 6.00. The minimum atomic E-state index is -0.417. The number of aromatic hydroxyl groups is 1. The Morgan fingerprint density at radius 3 is 2.35 bits per heavy atom. The van der Waals surface area contributed by atoms with Gasteiger partial charge in [0.1, 0.15) is 5.75 Å². The smallest absolute Gasteiger partial charge is 0.179 e. The molecule has 0 heterocycles. The number of fused-ring (bicyclic) bond motifs is 1. The molecule has 1 atom stereocenters. The van der Waals surface area contributed by atoms with Crippen molar-refractivity contribution in [2.24, 2.45) is 0 Å². The summed E-state index contributed by atoms with van der Waals surface area (Å²) in [6, 6.07) is 8.58. The van der Waals surface area contributed by atoms with Crippen molar-refractivity contribution in [3.05, 3.63) is 41.5 Å². The average molecular weight is 335 g/mol. The van der Waals surface area contributed by atoms with Crippen molar-refractivity contribution in [1.29, 1.82) is 0 Å². The normalized spacial score (nSPS) is 12.3. The van der Waals surface area contributed by atoms with Gasteiger partial charge in [-0.2, -0.15) is 0 Å². The van der Waals surface area contributed by atoms with Crippen LogP contribution in [0, 0.1) is 0 Å². The predicted molar refractivity (Wildman–Crippen MR) is 83.0 cm³/mol. The van der Waals surface area contributed by atoms with Crippen LogP contribution in [-0.4, -0.2) is 21.5 Å². The van der Waals surface area contributed by atoms with Crippen LogP contribution in [0.3, 0.4) is 0 Å². The van der Waals surface area contributed by atoms with Crippen LogP contribution in [-0.2, 0) is 0 Å². The number of benzene rings is 2. The molecule has 20 heavy (non-hydrogen) atoms. The Morgan fingerprint density at radius 1 is 1.20 bits per heavy atom. The van der Waals surface area contributed by atoms with Crippen molar-refractivity contribution in [1.82, 2.24) is 0 Å². The number of halogens is 1. The molecule has 104 valence electrons. The average Bonchev–Trinajstić information content (AvgIpc) is 2.46. The van der Waals surface area contributed by atoms with E-state index in [-0.39, 0.29) is 22.9 Å². The van der Waals surface area contributed by atoms with E-state index in [1.165, 1.54) is 6.07 Å². The zero-order chi connectivity index (χ0) is 14.9. The van der Waals surface area contributed by atoms with Gasteiger partial charge in [-0.15, -0.1) is 0 Å². The van der Waals surface area contributed by atoms with Crippen LogP contribution in [0.4, 0.5) is 0 Å². The Morgan fingerprint density at radius 2 is 1.80 bits per heavy atom. The Labute approximate surface area is 125 Å². The monoisotopic (exact) mass is 334 g/mol.